The number of halogens is 3. The predicted octanol–water partition coefficient (Wildman–Crippen LogP) is 4.11. The number of rotatable bonds is 5. The predicted molar refractivity (Wildman–Crippen MR) is 74.4 cm³/mol. The number of hydrogen-bond donors (Lipinski definition) is 1. The van der Waals surface area contributed by atoms with Gasteiger partial charge in [-0.05, 0) is 30.2 Å². The van der Waals surface area contributed by atoms with Gasteiger partial charge in [0.1, 0.15) is 5.75 Å². The zero-order chi connectivity index (χ0) is 14.9. The van der Waals surface area contributed by atoms with Crippen LogP contribution >= 0.6 is 11.8 Å². The fourth-order valence-electron chi connectivity index (χ4n) is 1.37. The van der Waals surface area contributed by atoms with Crippen LogP contribution in [-0.4, -0.2) is 18.7 Å². The molecule has 2 nitrogen and oxygen atoms in total. The zero-order valence-corrected chi connectivity index (χ0v) is 12.2. The highest BCUT2D eigenvalue weighted by Gasteiger charge is 2.31. The maximum absolute atomic E-state index is 12.1. The van der Waals surface area contributed by atoms with Crippen molar-refractivity contribution in [1.29, 1.82) is 0 Å². The van der Waals surface area contributed by atoms with E-state index in [1.807, 2.05) is 19.9 Å². The third-order valence-electron chi connectivity index (χ3n) is 1.88. The van der Waals surface area contributed by atoms with E-state index in [1.54, 1.807) is 18.7 Å². The van der Waals surface area contributed by atoms with Crippen molar-refractivity contribution >= 4 is 11.8 Å². The van der Waals surface area contributed by atoms with Crippen molar-refractivity contribution in [3.05, 3.63) is 29.3 Å². The van der Waals surface area contributed by atoms with Gasteiger partial charge in [0.15, 0.2) is 0 Å². The Labute approximate surface area is 116 Å². The number of benzene rings is 1. The molecule has 0 amide bonds. The molecule has 0 aromatic heterocycles. The van der Waals surface area contributed by atoms with Crippen LogP contribution in [0.25, 0.3) is 0 Å². The summed E-state index contributed by atoms with van der Waals surface area (Å²) < 4.78 is 40.1. The van der Waals surface area contributed by atoms with Gasteiger partial charge in [0.2, 0.25) is 0 Å². The molecule has 0 radical (unpaired) electrons. The van der Waals surface area contributed by atoms with Crippen LogP contribution in [0.15, 0.2) is 18.2 Å². The summed E-state index contributed by atoms with van der Waals surface area (Å²) in [5.74, 6) is 1.25. The van der Waals surface area contributed by atoms with Crippen LogP contribution < -0.4 is 10.5 Å². The lowest BCUT2D eigenvalue weighted by Gasteiger charge is -2.11. The maximum atomic E-state index is 12.1. The Balaban J connectivity index is 0.00000154. The molecule has 0 saturated carbocycles. The number of alkyl halides is 3. The number of thioether (sulfide) groups is 1. The van der Waals surface area contributed by atoms with Gasteiger partial charge in [-0.25, -0.2) is 0 Å². The van der Waals surface area contributed by atoms with Gasteiger partial charge in [-0.3, -0.25) is 0 Å². The Morgan fingerprint density at radius 2 is 1.84 bits per heavy atom. The lowest BCUT2D eigenvalue weighted by atomic mass is 10.1. The molecule has 0 saturated heterocycles. The van der Waals surface area contributed by atoms with Crippen LogP contribution in [0.4, 0.5) is 13.2 Å². The molecule has 1 aromatic rings. The van der Waals surface area contributed by atoms with Gasteiger partial charge < -0.3 is 10.5 Å². The normalized spacial score (nSPS) is 10.7. The Bertz CT molecular complexity index is 369. The molecule has 1 rings (SSSR count). The minimum absolute atomic E-state index is 0.166. The summed E-state index contributed by atoms with van der Waals surface area (Å²) in [6.45, 7) is 6.29. The fraction of sp³-hybridized carbons (Fsp3) is 0.538. The minimum atomic E-state index is -4.64. The van der Waals surface area contributed by atoms with Crippen molar-refractivity contribution in [1.82, 2.24) is 0 Å². The topological polar surface area (TPSA) is 35.2 Å². The second-order valence-corrected chi connectivity index (χ2v) is 4.65. The fourth-order valence-corrected chi connectivity index (χ4v) is 2.09. The molecule has 2 N–H and O–H groups in total. The molecule has 19 heavy (non-hydrogen) atoms. The highest BCUT2D eigenvalue weighted by atomic mass is 32.2. The summed E-state index contributed by atoms with van der Waals surface area (Å²) in [7, 11) is 0. The Kier molecular flexibility index (Phi) is 8.67. The van der Waals surface area contributed by atoms with Gasteiger partial charge in [-0.2, -0.15) is 11.8 Å². The van der Waals surface area contributed by atoms with Gasteiger partial charge in [-0.15, -0.1) is 13.2 Å². The average Bonchev–Trinajstić information content (AvgIpc) is 2.29. The number of aryl methyl sites for hydroxylation is 1. The van der Waals surface area contributed by atoms with Crippen molar-refractivity contribution < 1.29 is 17.9 Å². The molecule has 0 atom stereocenters. The first-order valence-corrected chi connectivity index (χ1v) is 7.20. The molecule has 0 aliphatic heterocycles. The maximum Gasteiger partial charge on any atom is 0.573 e. The Morgan fingerprint density at radius 1 is 1.21 bits per heavy atom. The van der Waals surface area contributed by atoms with Gasteiger partial charge in [0.05, 0.1) is 0 Å². The standard InChI is InChI=1S/C11H14F3NOS.C2H6/c1-8-4-9(7-17-3-2-15)6-10(5-8)16-11(12,13)14;1-2/h4-6H,2-3,7,15H2,1H3;1-2H3. The van der Waals surface area contributed by atoms with Crippen LogP contribution in [-0.2, 0) is 5.75 Å². The van der Waals surface area contributed by atoms with E-state index in [-0.39, 0.29) is 5.75 Å². The van der Waals surface area contributed by atoms with E-state index >= 15 is 0 Å². The highest BCUT2D eigenvalue weighted by Crippen LogP contribution is 2.26. The third-order valence-corrected chi connectivity index (χ3v) is 2.94. The molecule has 0 bridgehead atoms. The lowest BCUT2D eigenvalue weighted by molar-refractivity contribution is -0.274. The Hall–Kier alpha value is -0.880. The number of nitrogens with two attached hydrogens (primary N) is 1. The summed E-state index contributed by atoms with van der Waals surface area (Å²) in [6, 6.07) is 4.61. The zero-order valence-electron chi connectivity index (χ0n) is 11.4. The third kappa shape index (κ3) is 8.77. The monoisotopic (exact) mass is 295 g/mol. The van der Waals surface area contributed by atoms with Gasteiger partial charge in [0, 0.05) is 18.1 Å². The van der Waals surface area contributed by atoms with Crippen LogP contribution in [0.5, 0.6) is 5.75 Å². The first-order chi connectivity index (χ1) is 8.90. The molecular formula is C13H20F3NOS. The van der Waals surface area contributed by atoms with Crippen molar-refractivity contribution in [3.8, 4) is 5.75 Å². The lowest BCUT2D eigenvalue weighted by Crippen LogP contribution is -2.17. The first-order valence-electron chi connectivity index (χ1n) is 6.05. The molecule has 0 aliphatic carbocycles. The van der Waals surface area contributed by atoms with E-state index in [1.165, 1.54) is 12.1 Å². The largest absolute Gasteiger partial charge is 0.573 e. The van der Waals surface area contributed by atoms with E-state index in [2.05, 4.69) is 4.74 Å². The molecule has 1 aromatic carbocycles. The minimum Gasteiger partial charge on any atom is -0.406 e. The van der Waals surface area contributed by atoms with E-state index in [0.29, 0.717) is 12.3 Å². The highest BCUT2D eigenvalue weighted by molar-refractivity contribution is 7.98. The van der Waals surface area contributed by atoms with Crippen LogP contribution in [0.1, 0.15) is 25.0 Å². The second kappa shape index (κ2) is 9.09. The van der Waals surface area contributed by atoms with Gasteiger partial charge in [0.25, 0.3) is 0 Å². The smallest absolute Gasteiger partial charge is 0.406 e. The van der Waals surface area contributed by atoms with Crippen molar-refractivity contribution in [2.24, 2.45) is 5.73 Å². The van der Waals surface area contributed by atoms with Crippen LogP contribution in [0.2, 0.25) is 0 Å². The molecule has 0 aliphatic rings. The Morgan fingerprint density at radius 3 is 2.37 bits per heavy atom. The van der Waals surface area contributed by atoms with Crippen LogP contribution in [0, 0.1) is 6.92 Å². The average molecular weight is 295 g/mol. The molecule has 0 fully saturated rings. The molecule has 0 heterocycles. The molecule has 110 valence electrons. The van der Waals surface area contributed by atoms with Gasteiger partial charge >= 0.3 is 6.36 Å². The quantitative estimate of drug-likeness (QED) is 0.830. The van der Waals surface area contributed by atoms with E-state index in [0.717, 1.165) is 16.9 Å². The van der Waals surface area contributed by atoms with Crippen molar-refractivity contribution in [2.45, 2.75) is 32.9 Å². The summed E-state index contributed by atoms with van der Waals surface area (Å²) in [6.07, 6.45) is -4.64. The van der Waals surface area contributed by atoms with Gasteiger partial charge in [-0.1, -0.05) is 19.9 Å². The SMILES string of the molecule is CC.Cc1cc(CSCCN)cc(OC(F)(F)F)c1. The summed E-state index contributed by atoms with van der Waals surface area (Å²) in [4.78, 5) is 0. The molecule has 6 heteroatoms. The van der Waals surface area contributed by atoms with Crippen molar-refractivity contribution in [2.75, 3.05) is 12.3 Å². The summed E-state index contributed by atoms with van der Waals surface area (Å²) in [5, 5.41) is 0. The van der Waals surface area contributed by atoms with E-state index in [9.17, 15) is 13.2 Å². The number of hydrogen-bond acceptors (Lipinski definition) is 3. The van der Waals surface area contributed by atoms with E-state index < -0.39 is 6.36 Å². The van der Waals surface area contributed by atoms with Crippen LogP contribution in [0.3, 0.4) is 0 Å². The van der Waals surface area contributed by atoms with E-state index in [4.69, 9.17) is 5.73 Å². The molecule has 0 spiro atoms. The molecular weight excluding hydrogens is 275 g/mol. The summed E-state index contributed by atoms with van der Waals surface area (Å²) in [5.41, 5.74) is 6.89. The first kappa shape index (κ1) is 18.1. The molecule has 0 unspecified atom stereocenters. The summed E-state index contributed by atoms with van der Waals surface area (Å²) >= 11 is 1.58. The second-order valence-electron chi connectivity index (χ2n) is 3.54. The number of ether oxygens (including phenoxy) is 1. The van der Waals surface area contributed by atoms with Crippen molar-refractivity contribution in [3.63, 3.8) is 0 Å².